The maximum atomic E-state index is 5.77. The summed E-state index contributed by atoms with van der Waals surface area (Å²) in [7, 11) is 2.15. The SMILES string of the molecule is CC(C)c1ccccc1N(C)CC1CNCCO1. The fraction of sp³-hybridized carbons (Fsp3) is 0.600. The molecule has 0 saturated carbocycles. The van der Waals surface area contributed by atoms with Crippen molar-refractivity contribution in [1.29, 1.82) is 0 Å². The Kier molecular flexibility index (Phi) is 4.61. The molecule has 1 unspecified atom stereocenters. The quantitative estimate of drug-likeness (QED) is 0.884. The smallest absolute Gasteiger partial charge is 0.0874 e. The molecule has 1 saturated heterocycles. The van der Waals surface area contributed by atoms with Crippen LogP contribution in [0.4, 0.5) is 5.69 Å². The number of likely N-dealkylation sites (N-methyl/N-ethyl adjacent to an activating group) is 1. The minimum Gasteiger partial charge on any atom is -0.374 e. The fourth-order valence-corrected chi connectivity index (χ4v) is 2.46. The number of nitrogens with one attached hydrogen (secondary N) is 1. The van der Waals surface area contributed by atoms with Gasteiger partial charge in [0.05, 0.1) is 12.7 Å². The Balaban J connectivity index is 2.05. The van der Waals surface area contributed by atoms with Crippen LogP contribution in [0.2, 0.25) is 0 Å². The van der Waals surface area contributed by atoms with Crippen molar-refractivity contribution in [3.8, 4) is 0 Å². The molecule has 1 N–H and O–H groups in total. The Morgan fingerprint density at radius 1 is 1.39 bits per heavy atom. The normalized spacial score (nSPS) is 20.1. The first-order valence-electron chi connectivity index (χ1n) is 6.81. The largest absolute Gasteiger partial charge is 0.374 e. The molecule has 2 rings (SSSR count). The summed E-state index contributed by atoms with van der Waals surface area (Å²) in [5, 5.41) is 3.38. The van der Waals surface area contributed by atoms with Gasteiger partial charge in [0, 0.05) is 32.4 Å². The average molecular weight is 248 g/mol. The third kappa shape index (κ3) is 3.24. The van der Waals surface area contributed by atoms with Crippen molar-refractivity contribution in [3.05, 3.63) is 29.8 Å². The number of rotatable bonds is 4. The monoisotopic (exact) mass is 248 g/mol. The average Bonchev–Trinajstić information content (AvgIpc) is 2.40. The predicted molar refractivity (Wildman–Crippen MR) is 76.4 cm³/mol. The molecule has 0 amide bonds. The lowest BCUT2D eigenvalue weighted by atomic mass is 10.0. The van der Waals surface area contributed by atoms with Gasteiger partial charge in [0.2, 0.25) is 0 Å². The molecule has 18 heavy (non-hydrogen) atoms. The first kappa shape index (κ1) is 13.4. The Labute approximate surface area is 110 Å². The highest BCUT2D eigenvalue weighted by Crippen LogP contribution is 2.26. The highest BCUT2D eigenvalue weighted by Gasteiger charge is 2.17. The lowest BCUT2D eigenvalue weighted by molar-refractivity contribution is 0.0340. The van der Waals surface area contributed by atoms with E-state index < -0.39 is 0 Å². The number of hydrogen-bond acceptors (Lipinski definition) is 3. The van der Waals surface area contributed by atoms with Crippen molar-refractivity contribution in [2.75, 3.05) is 38.2 Å². The highest BCUT2D eigenvalue weighted by atomic mass is 16.5. The number of anilines is 1. The molecular formula is C15H24N2O. The molecule has 0 aromatic heterocycles. The van der Waals surface area contributed by atoms with E-state index in [0.29, 0.717) is 12.0 Å². The van der Waals surface area contributed by atoms with Crippen LogP contribution in [-0.4, -0.2) is 39.4 Å². The maximum Gasteiger partial charge on any atom is 0.0874 e. The second kappa shape index (κ2) is 6.21. The van der Waals surface area contributed by atoms with Gasteiger partial charge < -0.3 is 15.0 Å². The van der Waals surface area contributed by atoms with Gasteiger partial charge in [-0.3, -0.25) is 0 Å². The van der Waals surface area contributed by atoms with Crippen LogP contribution in [0.5, 0.6) is 0 Å². The number of para-hydroxylation sites is 1. The Morgan fingerprint density at radius 2 is 2.17 bits per heavy atom. The van der Waals surface area contributed by atoms with Crippen LogP contribution < -0.4 is 10.2 Å². The molecule has 1 aliphatic heterocycles. The van der Waals surface area contributed by atoms with E-state index in [2.05, 4.69) is 55.4 Å². The van der Waals surface area contributed by atoms with Crippen molar-refractivity contribution in [2.24, 2.45) is 0 Å². The zero-order valence-corrected chi connectivity index (χ0v) is 11.6. The number of morpholine rings is 1. The molecule has 0 bridgehead atoms. The second-order valence-corrected chi connectivity index (χ2v) is 5.29. The van der Waals surface area contributed by atoms with Crippen LogP contribution in [0, 0.1) is 0 Å². The summed E-state index contributed by atoms with van der Waals surface area (Å²) in [6.45, 7) is 8.18. The van der Waals surface area contributed by atoms with Crippen LogP contribution >= 0.6 is 0 Å². The van der Waals surface area contributed by atoms with Gasteiger partial charge >= 0.3 is 0 Å². The third-order valence-electron chi connectivity index (χ3n) is 3.45. The number of nitrogens with zero attached hydrogens (tertiary/aromatic N) is 1. The second-order valence-electron chi connectivity index (χ2n) is 5.29. The molecule has 0 aliphatic carbocycles. The summed E-state index contributed by atoms with van der Waals surface area (Å²) >= 11 is 0. The summed E-state index contributed by atoms with van der Waals surface area (Å²) in [6.07, 6.45) is 0.295. The summed E-state index contributed by atoms with van der Waals surface area (Å²) in [6, 6.07) is 8.64. The summed E-state index contributed by atoms with van der Waals surface area (Å²) in [5.41, 5.74) is 2.73. The zero-order valence-electron chi connectivity index (χ0n) is 11.6. The van der Waals surface area contributed by atoms with E-state index in [4.69, 9.17) is 4.74 Å². The molecule has 1 atom stereocenters. The van der Waals surface area contributed by atoms with Crippen molar-refractivity contribution in [2.45, 2.75) is 25.9 Å². The molecule has 3 heteroatoms. The minimum atomic E-state index is 0.295. The van der Waals surface area contributed by atoms with Gasteiger partial charge in [-0.05, 0) is 17.5 Å². The van der Waals surface area contributed by atoms with Crippen molar-refractivity contribution in [3.63, 3.8) is 0 Å². The van der Waals surface area contributed by atoms with Crippen molar-refractivity contribution < 1.29 is 4.74 Å². The highest BCUT2D eigenvalue weighted by molar-refractivity contribution is 5.54. The van der Waals surface area contributed by atoms with Gasteiger partial charge in [0.15, 0.2) is 0 Å². The molecule has 0 radical (unpaired) electrons. The van der Waals surface area contributed by atoms with E-state index in [1.165, 1.54) is 11.3 Å². The van der Waals surface area contributed by atoms with E-state index >= 15 is 0 Å². The number of ether oxygens (including phenoxy) is 1. The zero-order chi connectivity index (χ0) is 13.0. The van der Waals surface area contributed by atoms with Crippen LogP contribution in [-0.2, 0) is 4.74 Å². The molecule has 1 aliphatic rings. The van der Waals surface area contributed by atoms with Gasteiger partial charge in [0.1, 0.15) is 0 Å². The molecule has 0 spiro atoms. The lowest BCUT2D eigenvalue weighted by Gasteiger charge is -2.30. The Bertz CT molecular complexity index is 373. The van der Waals surface area contributed by atoms with Gasteiger partial charge in [-0.15, -0.1) is 0 Å². The van der Waals surface area contributed by atoms with Crippen molar-refractivity contribution >= 4 is 5.69 Å². The first-order chi connectivity index (χ1) is 8.68. The van der Waals surface area contributed by atoms with Gasteiger partial charge in [-0.1, -0.05) is 32.0 Å². The molecule has 3 nitrogen and oxygen atoms in total. The summed E-state index contributed by atoms with van der Waals surface area (Å²) in [5.74, 6) is 0.550. The lowest BCUT2D eigenvalue weighted by Crippen LogP contribution is -2.44. The van der Waals surface area contributed by atoms with Crippen LogP contribution in [0.3, 0.4) is 0 Å². The van der Waals surface area contributed by atoms with Crippen LogP contribution in [0.1, 0.15) is 25.3 Å². The molecule has 100 valence electrons. The van der Waals surface area contributed by atoms with E-state index in [-0.39, 0.29) is 0 Å². The Morgan fingerprint density at radius 3 is 2.83 bits per heavy atom. The Hall–Kier alpha value is -1.06. The molecular weight excluding hydrogens is 224 g/mol. The molecule has 1 aromatic carbocycles. The summed E-state index contributed by atoms with van der Waals surface area (Å²) < 4.78 is 5.77. The van der Waals surface area contributed by atoms with Gasteiger partial charge in [-0.2, -0.15) is 0 Å². The predicted octanol–water partition coefficient (Wildman–Crippen LogP) is 2.23. The molecule has 1 heterocycles. The fourth-order valence-electron chi connectivity index (χ4n) is 2.46. The number of benzene rings is 1. The molecule has 1 aromatic rings. The first-order valence-corrected chi connectivity index (χ1v) is 6.81. The van der Waals surface area contributed by atoms with Crippen LogP contribution in [0.15, 0.2) is 24.3 Å². The van der Waals surface area contributed by atoms with E-state index in [1.807, 2.05) is 0 Å². The van der Waals surface area contributed by atoms with E-state index in [9.17, 15) is 0 Å². The van der Waals surface area contributed by atoms with Gasteiger partial charge in [-0.25, -0.2) is 0 Å². The molecule has 1 fully saturated rings. The van der Waals surface area contributed by atoms with Crippen LogP contribution in [0.25, 0.3) is 0 Å². The maximum absolute atomic E-state index is 5.77. The van der Waals surface area contributed by atoms with Crippen molar-refractivity contribution in [1.82, 2.24) is 5.32 Å². The number of hydrogen-bond donors (Lipinski definition) is 1. The van der Waals surface area contributed by atoms with E-state index in [1.54, 1.807) is 0 Å². The summed E-state index contributed by atoms with van der Waals surface area (Å²) in [4.78, 5) is 2.31. The van der Waals surface area contributed by atoms with Gasteiger partial charge in [0.25, 0.3) is 0 Å². The standard InChI is InChI=1S/C15H24N2O/c1-12(2)14-6-4-5-7-15(14)17(3)11-13-10-16-8-9-18-13/h4-7,12-13,16H,8-11H2,1-3H3. The van der Waals surface area contributed by atoms with E-state index in [0.717, 1.165) is 26.2 Å². The topological polar surface area (TPSA) is 24.5 Å². The minimum absolute atomic E-state index is 0.295. The third-order valence-corrected chi connectivity index (χ3v) is 3.45.